The SMILES string of the molecule is c1ccc(-c2ccccc2-c2oc(-c3oc4ccccc4c3-c3ccccc3)c3ccccc23)cc1. The van der Waals surface area contributed by atoms with Gasteiger partial charge in [-0.2, -0.15) is 0 Å². The molecule has 5 aromatic carbocycles. The van der Waals surface area contributed by atoms with Crippen LogP contribution in [0.15, 0.2) is 142 Å². The first-order chi connectivity index (χ1) is 17.9. The third-order valence-electron chi connectivity index (χ3n) is 6.74. The Hall–Kier alpha value is -4.82. The summed E-state index contributed by atoms with van der Waals surface area (Å²) in [6, 6.07) is 45.8. The second-order valence-corrected chi connectivity index (χ2v) is 8.89. The van der Waals surface area contributed by atoms with Crippen molar-refractivity contribution in [2.24, 2.45) is 0 Å². The fraction of sp³-hybridized carbons (Fsp3) is 0. The van der Waals surface area contributed by atoms with Crippen molar-refractivity contribution in [2.45, 2.75) is 0 Å². The number of para-hydroxylation sites is 1. The third kappa shape index (κ3) is 3.27. The molecule has 2 aromatic heterocycles. The van der Waals surface area contributed by atoms with Gasteiger partial charge in [0, 0.05) is 27.3 Å². The molecule has 0 unspecified atom stereocenters. The Labute approximate surface area is 209 Å². The molecule has 0 fully saturated rings. The van der Waals surface area contributed by atoms with Crippen LogP contribution in [0.5, 0.6) is 0 Å². The molecule has 0 bridgehead atoms. The van der Waals surface area contributed by atoms with E-state index in [1.54, 1.807) is 0 Å². The number of hydrogen-bond acceptors (Lipinski definition) is 2. The van der Waals surface area contributed by atoms with E-state index in [1.165, 1.54) is 0 Å². The fourth-order valence-electron chi connectivity index (χ4n) is 5.11. The topological polar surface area (TPSA) is 26.3 Å². The van der Waals surface area contributed by atoms with Gasteiger partial charge in [-0.25, -0.2) is 0 Å². The molecule has 170 valence electrons. The third-order valence-corrected chi connectivity index (χ3v) is 6.74. The molecule has 0 N–H and O–H groups in total. The molecule has 2 nitrogen and oxygen atoms in total. The second kappa shape index (κ2) is 8.44. The highest BCUT2D eigenvalue weighted by Crippen LogP contribution is 2.47. The summed E-state index contributed by atoms with van der Waals surface area (Å²) in [5, 5.41) is 3.17. The van der Waals surface area contributed by atoms with Crippen molar-refractivity contribution >= 4 is 21.7 Å². The Morgan fingerprint density at radius 3 is 1.58 bits per heavy atom. The predicted molar refractivity (Wildman–Crippen MR) is 148 cm³/mol. The molecular weight excluding hydrogens is 440 g/mol. The summed E-state index contributed by atoms with van der Waals surface area (Å²) < 4.78 is 13.3. The smallest absolute Gasteiger partial charge is 0.179 e. The van der Waals surface area contributed by atoms with E-state index in [-0.39, 0.29) is 0 Å². The van der Waals surface area contributed by atoms with Gasteiger partial charge in [-0.3, -0.25) is 0 Å². The van der Waals surface area contributed by atoms with Gasteiger partial charge in [0.1, 0.15) is 11.3 Å². The molecular formula is C34H22O2. The molecule has 0 aliphatic heterocycles. The van der Waals surface area contributed by atoms with E-state index in [0.29, 0.717) is 0 Å². The summed E-state index contributed by atoms with van der Waals surface area (Å²) in [5.74, 6) is 2.35. The zero-order chi connectivity index (χ0) is 23.9. The number of furan rings is 2. The van der Waals surface area contributed by atoms with Crippen LogP contribution in [-0.4, -0.2) is 0 Å². The van der Waals surface area contributed by atoms with Crippen LogP contribution in [0, 0.1) is 0 Å². The molecule has 2 heteroatoms. The molecule has 0 radical (unpaired) electrons. The van der Waals surface area contributed by atoms with Crippen molar-refractivity contribution in [1.29, 1.82) is 0 Å². The highest BCUT2D eigenvalue weighted by atomic mass is 16.4. The van der Waals surface area contributed by atoms with Crippen LogP contribution >= 0.6 is 0 Å². The van der Waals surface area contributed by atoms with Crippen molar-refractivity contribution in [3.05, 3.63) is 133 Å². The van der Waals surface area contributed by atoms with Gasteiger partial charge in [-0.1, -0.05) is 127 Å². The lowest BCUT2D eigenvalue weighted by atomic mass is 9.96. The quantitative estimate of drug-likeness (QED) is 0.260. The van der Waals surface area contributed by atoms with Crippen molar-refractivity contribution in [2.75, 3.05) is 0 Å². The maximum atomic E-state index is 6.80. The highest BCUT2D eigenvalue weighted by molar-refractivity contribution is 6.09. The van der Waals surface area contributed by atoms with Crippen molar-refractivity contribution in [3.8, 4) is 45.1 Å². The molecule has 0 spiro atoms. The first-order valence-corrected chi connectivity index (χ1v) is 12.1. The summed E-state index contributed by atoms with van der Waals surface area (Å²) in [6.07, 6.45) is 0. The molecule has 0 aliphatic rings. The molecule has 0 saturated carbocycles. The Balaban J connectivity index is 1.53. The standard InChI is InChI=1S/C34H22O2/c1-3-13-23(14-4-1)25-17-7-8-18-26(25)32-27-19-9-10-20-28(27)33(36-32)34-31(24-15-5-2-6-16-24)29-21-11-12-22-30(29)35-34/h1-22H. The summed E-state index contributed by atoms with van der Waals surface area (Å²) in [5.41, 5.74) is 6.35. The first kappa shape index (κ1) is 20.5. The predicted octanol–water partition coefficient (Wildman–Crippen LogP) is 9.85. The minimum Gasteiger partial charge on any atom is -0.452 e. The molecule has 0 aliphatic carbocycles. The molecule has 0 atom stereocenters. The van der Waals surface area contributed by atoms with E-state index in [0.717, 1.165) is 66.8 Å². The maximum absolute atomic E-state index is 6.80. The van der Waals surface area contributed by atoms with Gasteiger partial charge in [0.2, 0.25) is 0 Å². The molecule has 7 rings (SSSR count). The summed E-state index contributed by atoms with van der Waals surface area (Å²) in [6.45, 7) is 0. The van der Waals surface area contributed by atoms with Gasteiger partial charge in [-0.05, 0) is 22.8 Å². The summed E-state index contributed by atoms with van der Waals surface area (Å²) in [7, 11) is 0. The number of benzene rings is 5. The van der Waals surface area contributed by atoms with Gasteiger partial charge in [0.15, 0.2) is 11.5 Å². The summed E-state index contributed by atoms with van der Waals surface area (Å²) >= 11 is 0. The van der Waals surface area contributed by atoms with Crippen LogP contribution in [0.25, 0.3) is 66.8 Å². The monoisotopic (exact) mass is 462 g/mol. The minimum absolute atomic E-state index is 0.749. The average Bonchev–Trinajstić information content (AvgIpc) is 3.53. The van der Waals surface area contributed by atoms with Crippen LogP contribution in [0.4, 0.5) is 0 Å². The van der Waals surface area contributed by atoms with Gasteiger partial charge < -0.3 is 8.83 Å². The lowest BCUT2D eigenvalue weighted by Gasteiger charge is -2.08. The van der Waals surface area contributed by atoms with Crippen LogP contribution < -0.4 is 0 Å². The van der Waals surface area contributed by atoms with E-state index in [1.807, 2.05) is 24.3 Å². The Morgan fingerprint density at radius 1 is 0.333 bits per heavy atom. The van der Waals surface area contributed by atoms with Gasteiger partial charge in [0.05, 0.1) is 0 Å². The minimum atomic E-state index is 0.749. The number of rotatable bonds is 4. The lowest BCUT2D eigenvalue weighted by molar-refractivity contribution is 0.556. The molecule has 2 heterocycles. The Morgan fingerprint density at radius 2 is 0.861 bits per heavy atom. The number of fused-ring (bicyclic) bond motifs is 2. The average molecular weight is 463 g/mol. The van der Waals surface area contributed by atoms with Crippen molar-refractivity contribution in [3.63, 3.8) is 0 Å². The van der Waals surface area contributed by atoms with Gasteiger partial charge in [0.25, 0.3) is 0 Å². The maximum Gasteiger partial charge on any atom is 0.179 e. The van der Waals surface area contributed by atoms with Crippen LogP contribution in [0.2, 0.25) is 0 Å². The van der Waals surface area contributed by atoms with Gasteiger partial charge >= 0.3 is 0 Å². The second-order valence-electron chi connectivity index (χ2n) is 8.89. The van der Waals surface area contributed by atoms with Crippen LogP contribution in [0.1, 0.15) is 0 Å². The van der Waals surface area contributed by atoms with Gasteiger partial charge in [-0.15, -0.1) is 0 Å². The zero-order valence-corrected chi connectivity index (χ0v) is 19.5. The van der Waals surface area contributed by atoms with E-state index in [4.69, 9.17) is 8.83 Å². The van der Waals surface area contributed by atoms with E-state index < -0.39 is 0 Å². The Bertz CT molecular complexity index is 1820. The molecule has 0 saturated heterocycles. The molecule has 36 heavy (non-hydrogen) atoms. The largest absolute Gasteiger partial charge is 0.452 e. The number of hydrogen-bond donors (Lipinski definition) is 0. The fourth-order valence-corrected chi connectivity index (χ4v) is 5.11. The van der Waals surface area contributed by atoms with E-state index in [2.05, 4.69) is 109 Å². The summed E-state index contributed by atoms with van der Waals surface area (Å²) in [4.78, 5) is 0. The van der Waals surface area contributed by atoms with Crippen molar-refractivity contribution < 1.29 is 8.83 Å². The first-order valence-electron chi connectivity index (χ1n) is 12.1. The van der Waals surface area contributed by atoms with E-state index in [9.17, 15) is 0 Å². The highest BCUT2D eigenvalue weighted by Gasteiger charge is 2.25. The van der Waals surface area contributed by atoms with Crippen LogP contribution in [-0.2, 0) is 0 Å². The normalized spacial score (nSPS) is 11.3. The van der Waals surface area contributed by atoms with E-state index >= 15 is 0 Å². The zero-order valence-electron chi connectivity index (χ0n) is 19.5. The lowest BCUT2D eigenvalue weighted by Crippen LogP contribution is -1.83. The Kier molecular flexibility index (Phi) is 4.82. The molecule has 0 amide bonds. The van der Waals surface area contributed by atoms with Crippen LogP contribution in [0.3, 0.4) is 0 Å². The molecule has 7 aromatic rings. The van der Waals surface area contributed by atoms with Crippen molar-refractivity contribution in [1.82, 2.24) is 0 Å².